The van der Waals surface area contributed by atoms with E-state index in [0.717, 1.165) is 16.9 Å². The molecule has 2 aromatic carbocycles. The van der Waals surface area contributed by atoms with Crippen molar-refractivity contribution in [1.29, 1.82) is 0 Å². The van der Waals surface area contributed by atoms with Crippen LogP contribution in [0.2, 0.25) is 5.02 Å². The molecule has 1 aromatic heterocycles. The Kier molecular flexibility index (Phi) is 2.89. The van der Waals surface area contributed by atoms with Crippen molar-refractivity contribution in [3.8, 4) is 17.1 Å². The van der Waals surface area contributed by atoms with Crippen molar-refractivity contribution in [2.75, 3.05) is 7.11 Å². The van der Waals surface area contributed by atoms with Gasteiger partial charge >= 0.3 is 0 Å². The molecule has 0 amide bonds. The van der Waals surface area contributed by atoms with Gasteiger partial charge in [0.2, 0.25) is 0 Å². The van der Waals surface area contributed by atoms with Gasteiger partial charge in [-0.3, -0.25) is 0 Å². The van der Waals surface area contributed by atoms with Crippen LogP contribution >= 0.6 is 11.6 Å². The Bertz CT molecular complexity index is 821. The van der Waals surface area contributed by atoms with E-state index < -0.39 is 0 Å². The number of ether oxygens (including phenoxy) is 1. The normalized spacial score (nSPS) is 14.6. The molecule has 0 bridgehead atoms. The van der Waals surface area contributed by atoms with E-state index in [1.807, 2.05) is 24.3 Å². The SMILES string of the molecule is COc1cc(-c2nc3ccccc3n2C2CC2)ccc1Cl. The molecule has 0 aliphatic heterocycles. The van der Waals surface area contributed by atoms with E-state index in [-0.39, 0.29) is 0 Å². The molecule has 0 unspecified atom stereocenters. The minimum Gasteiger partial charge on any atom is -0.495 e. The molecule has 4 heteroatoms. The van der Waals surface area contributed by atoms with Gasteiger partial charge in [0, 0.05) is 11.6 Å². The minimum atomic E-state index is 0.564. The monoisotopic (exact) mass is 298 g/mol. The van der Waals surface area contributed by atoms with Crippen LogP contribution in [0.25, 0.3) is 22.4 Å². The summed E-state index contributed by atoms with van der Waals surface area (Å²) in [5, 5.41) is 0.621. The molecule has 0 radical (unpaired) electrons. The molecule has 0 spiro atoms. The summed E-state index contributed by atoms with van der Waals surface area (Å²) in [6.07, 6.45) is 2.44. The number of nitrogens with zero attached hydrogens (tertiary/aromatic N) is 2. The smallest absolute Gasteiger partial charge is 0.141 e. The zero-order valence-electron chi connectivity index (χ0n) is 11.7. The van der Waals surface area contributed by atoms with Crippen LogP contribution in [0.1, 0.15) is 18.9 Å². The predicted octanol–water partition coefficient (Wildman–Crippen LogP) is 4.70. The van der Waals surface area contributed by atoms with Gasteiger partial charge in [0.1, 0.15) is 11.6 Å². The Hall–Kier alpha value is -2.00. The van der Waals surface area contributed by atoms with E-state index in [4.69, 9.17) is 21.3 Å². The highest BCUT2D eigenvalue weighted by atomic mass is 35.5. The number of methoxy groups -OCH3 is 1. The standard InChI is InChI=1S/C17H15ClN2O/c1-21-16-10-11(6-9-13(16)18)17-19-14-4-2-3-5-15(14)20(17)12-7-8-12/h2-6,9-10,12H,7-8H2,1H3. The zero-order valence-corrected chi connectivity index (χ0v) is 12.5. The van der Waals surface area contributed by atoms with Crippen LogP contribution in [0.5, 0.6) is 5.75 Å². The van der Waals surface area contributed by atoms with Gasteiger partial charge in [0.25, 0.3) is 0 Å². The Balaban J connectivity index is 1.95. The number of aromatic nitrogens is 2. The molecule has 3 nitrogen and oxygen atoms in total. The number of imidazole rings is 1. The Labute approximate surface area is 128 Å². The lowest BCUT2D eigenvalue weighted by Gasteiger charge is -2.09. The Morgan fingerprint density at radius 2 is 2.00 bits per heavy atom. The summed E-state index contributed by atoms with van der Waals surface area (Å²) in [6, 6.07) is 14.7. The molecule has 0 saturated heterocycles. The first-order valence-electron chi connectivity index (χ1n) is 7.09. The third-order valence-corrected chi connectivity index (χ3v) is 4.23. The van der Waals surface area contributed by atoms with Crippen LogP contribution in [0, 0.1) is 0 Å². The second-order valence-electron chi connectivity index (χ2n) is 5.37. The van der Waals surface area contributed by atoms with Gasteiger partial charge in [0.15, 0.2) is 0 Å². The van der Waals surface area contributed by atoms with Gasteiger partial charge in [-0.15, -0.1) is 0 Å². The molecule has 3 aromatic rings. The van der Waals surface area contributed by atoms with Gasteiger partial charge < -0.3 is 9.30 Å². The maximum Gasteiger partial charge on any atom is 0.141 e. The zero-order chi connectivity index (χ0) is 14.4. The first-order chi connectivity index (χ1) is 10.3. The maximum atomic E-state index is 6.12. The average molecular weight is 299 g/mol. The second kappa shape index (κ2) is 4.78. The van der Waals surface area contributed by atoms with Crippen LogP contribution < -0.4 is 4.74 Å². The van der Waals surface area contributed by atoms with Gasteiger partial charge in [0.05, 0.1) is 23.2 Å². The third-order valence-electron chi connectivity index (χ3n) is 3.92. The summed E-state index contributed by atoms with van der Waals surface area (Å²) in [5.41, 5.74) is 3.27. The maximum absolute atomic E-state index is 6.12. The van der Waals surface area contributed by atoms with Crippen molar-refractivity contribution < 1.29 is 4.74 Å². The molecule has 4 rings (SSSR count). The first-order valence-corrected chi connectivity index (χ1v) is 7.46. The molecule has 106 valence electrons. The summed E-state index contributed by atoms with van der Waals surface area (Å²) in [7, 11) is 1.63. The number of hydrogen-bond donors (Lipinski definition) is 0. The molecular formula is C17H15ClN2O. The molecule has 1 fully saturated rings. The quantitative estimate of drug-likeness (QED) is 0.701. The highest BCUT2D eigenvalue weighted by Crippen LogP contribution is 2.42. The van der Waals surface area contributed by atoms with Crippen LogP contribution in [0.3, 0.4) is 0 Å². The highest BCUT2D eigenvalue weighted by molar-refractivity contribution is 6.32. The molecule has 1 aliphatic carbocycles. The third kappa shape index (κ3) is 2.09. The summed E-state index contributed by atoms with van der Waals surface area (Å²) >= 11 is 6.12. The topological polar surface area (TPSA) is 27.1 Å². The van der Waals surface area contributed by atoms with Gasteiger partial charge in [-0.1, -0.05) is 23.7 Å². The first kappa shape index (κ1) is 12.7. The molecule has 0 N–H and O–H groups in total. The lowest BCUT2D eigenvalue weighted by atomic mass is 10.2. The number of benzene rings is 2. The van der Waals surface area contributed by atoms with Gasteiger partial charge in [-0.25, -0.2) is 4.98 Å². The van der Waals surface area contributed by atoms with Crippen molar-refractivity contribution in [2.24, 2.45) is 0 Å². The molecular weight excluding hydrogens is 284 g/mol. The van der Waals surface area contributed by atoms with Crippen molar-refractivity contribution in [2.45, 2.75) is 18.9 Å². The van der Waals surface area contributed by atoms with Crippen molar-refractivity contribution in [3.63, 3.8) is 0 Å². The Morgan fingerprint density at radius 1 is 1.19 bits per heavy atom. The van der Waals surface area contributed by atoms with Crippen LogP contribution in [-0.4, -0.2) is 16.7 Å². The van der Waals surface area contributed by atoms with Crippen LogP contribution in [0.15, 0.2) is 42.5 Å². The molecule has 1 heterocycles. The molecule has 1 saturated carbocycles. The minimum absolute atomic E-state index is 0.564. The summed E-state index contributed by atoms with van der Waals surface area (Å²) < 4.78 is 7.67. The average Bonchev–Trinajstić information content (AvgIpc) is 3.27. The highest BCUT2D eigenvalue weighted by Gasteiger charge is 2.28. The fourth-order valence-electron chi connectivity index (χ4n) is 2.75. The summed E-state index contributed by atoms with van der Waals surface area (Å²) in [4.78, 5) is 4.81. The largest absolute Gasteiger partial charge is 0.495 e. The van der Waals surface area contributed by atoms with E-state index >= 15 is 0 Å². The van der Waals surface area contributed by atoms with Crippen molar-refractivity contribution in [1.82, 2.24) is 9.55 Å². The van der Waals surface area contributed by atoms with E-state index in [2.05, 4.69) is 22.8 Å². The number of halogens is 1. The number of rotatable bonds is 3. The van der Waals surface area contributed by atoms with E-state index in [1.165, 1.54) is 18.4 Å². The van der Waals surface area contributed by atoms with Crippen LogP contribution in [-0.2, 0) is 0 Å². The van der Waals surface area contributed by atoms with Gasteiger partial charge in [-0.05, 0) is 43.2 Å². The molecule has 1 aliphatic rings. The van der Waals surface area contributed by atoms with E-state index in [1.54, 1.807) is 7.11 Å². The number of fused-ring (bicyclic) bond motifs is 1. The van der Waals surface area contributed by atoms with E-state index in [9.17, 15) is 0 Å². The number of hydrogen-bond acceptors (Lipinski definition) is 2. The fraction of sp³-hybridized carbons (Fsp3) is 0.235. The van der Waals surface area contributed by atoms with Crippen LogP contribution in [0.4, 0.5) is 0 Å². The summed E-state index contributed by atoms with van der Waals surface area (Å²) in [6.45, 7) is 0. The number of para-hydroxylation sites is 2. The predicted molar refractivity (Wildman–Crippen MR) is 85.0 cm³/mol. The lowest BCUT2D eigenvalue weighted by molar-refractivity contribution is 0.415. The fourth-order valence-corrected chi connectivity index (χ4v) is 2.94. The summed E-state index contributed by atoms with van der Waals surface area (Å²) in [5.74, 6) is 1.68. The van der Waals surface area contributed by atoms with Crippen molar-refractivity contribution in [3.05, 3.63) is 47.5 Å². The second-order valence-corrected chi connectivity index (χ2v) is 5.78. The lowest BCUT2D eigenvalue weighted by Crippen LogP contribution is -1.97. The van der Waals surface area contributed by atoms with Gasteiger partial charge in [-0.2, -0.15) is 0 Å². The molecule has 21 heavy (non-hydrogen) atoms. The Morgan fingerprint density at radius 3 is 2.76 bits per heavy atom. The van der Waals surface area contributed by atoms with Crippen molar-refractivity contribution >= 4 is 22.6 Å². The van der Waals surface area contributed by atoms with E-state index in [0.29, 0.717) is 16.8 Å². The molecule has 0 atom stereocenters.